The first-order valence-corrected chi connectivity index (χ1v) is 9.49. The summed E-state index contributed by atoms with van der Waals surface area (Å²) in [6, 6.07) is 5.60. The van der Waals surface area contributed by atoms with E-state index in [2.05, 4.69) is 4.98 Å². The lowest BCUT2D eigenvalue weighted by Crippen LogP contribution is -2.19. The number of carbonyl (C=O) groups is 2. The van der Waals surface area contributed by atoms with Gasteiger partial charge in [0.25, 0.3) is 0 Å². The van der Waals surface area contributed by atoms with Crippen LogP contribution in [0.15, 0.2) is 18.2 Å². The number of benzene rings is 1. The van der Waals surface area contributed by atoms with E-state index in [1.165, 1.54) is 0 Å². The number of esters is 1. The molecular weight excluding hydrogens is 358 g/mol. The molecule has 0 radical (unpaired) electrons. The van der Waals surface area contributed by atoms with Gasteiger partial charge in [0.1, 0.15) is 17.2 Å². The first-order chi connectivity index (χ1) is 13.3. The minimum Gasteiger partial charge on any atom is -0.497 e. The van der Waals surface area contributed by atoms with Gasteiger partial charge in [0.15, 0.2) is 5.78 Å². The number of ketones is 1. The summed E-state index contributed by atoms with van der Waals surface area (Å²) in [5.41, 5.74) is 3.37. The second kappa shape index (κ2) is 8.09. The van der Waals surface area contributed by atoms with Crippen LogP contribution in [0.4, 0.5) is 0 Å². The third kappa shape index (κ3) is 3.77. The van der Waals surface area contributed by atoms with E-state index in [9.17, 15) is 9.59 Å². The lowest BCUT2D eigenvalue weighted by Gasteiger charge is -2.24. The van der Waals surface area contributed by atoms with Crippen molar-refractivity contribution in [2.24, 2.45) is 5.92 Å². The predicted molar refractivity (Wildman–Crippen MR) is 106 cm³/mol. The number of hydrogen-bond donors (Lipinski definition) is 1. The highest BCUT2D eigenvalue weighted by Gasteiger charge is 2.33. The maximum Gasteiger partial charge on any atom is 0.355 e. The summed E-state index contributed by atoms with van der Waals surface area (Å²) < 4.78 is 16.2. The van der Waals surface area contributed by atoms with Crippen molar-refractivity contribution < 1.29 is 23.8 Å². The van der Waals surface area contributed by atoms with Crippen LogP contribution in [0.5, 0.6) is 11.5 Å². The average Bonchev–Trinajstić information content (AvgIpc) is 3.02. The maximum atomic E-state index is 12.9. The van der Waals surface area contributed by atoms with Crippen LogP contribution in [0.3, 0.4) is 0 Å². The summed E-state index contributed by atoms with van der Waals surface area (Å²) in [5.74, 6) is 1.25. The normalized spacial score (nSPS) is 16.1. The zero-order chi connectivity index (χ0) is 20.4. The van der Waals surface area contributed by atoms with Crippen molar-refractivity contribution >= 4 is 11.8 Å². The van der Waals surface area contributed by atoms with Gasteiger partial charge in [-0.3, -0.25) is 4.79 Å². The van der Waals surface area contributed by atoms with Crippen molar-refractivity contribution in [1.29, 1.82) is 0 Å². The Morgan fingerprint density at radius 2 is 1.96 bits per heavy atom. The Morgan fingerprint density at radius 3 is 2.61 bits per heavy atom. The highest BCUT2D eigenvalue weighted by molar-refractivity contribution is 6.03. The number of rotatable bonds is 6. The number of methoxy groups -OCH3 is 2. The molecule has 150 valence electrons. The van der Waals surface area contributed by atoms with Crippen molar-refractivity contribution in [2.45, 2.75) is 39.5 Å². The fourth-order valence-electron chi connectivity index (χ4n) is 3.73. The van der Waals surface area contributed by atoms with Gasteiger partial charge in [0, 0.05) is 29.2 Å². The summed E-state index contributed by atoms with van der Waals surface area (Å²) >= 11 is 0. The molecule has 1 aliphatic carbocycles. The standard InChI is InChI=1S/C22H27NO5/c1-12(2)11-28-22(25)21-13(3)20-17(23-21)8-14(9-18(20)24)16-10-15(26-4)6-7-19(16)27-5/h6-7,10,12,14,23H,8-9,11H2,1-5H3/t14-/m1/s1. The van der Waals surface area contributed by atoms with E-state index in [0.717, 1.165) is 22.8 Å². The first kappa shape index (κ1) is 20.0. The topological polar surface area (TPSA) is 77.6 Å². The van der Waals surface area contributed by atoms with E-state index >= 15 is 0 Å². The van der Waals surface area contributed by atoms with Crippen molar-refractivity contribution in [3.8, 4) is 11.5 Å². The Morgan fingerprint density at radius 1 is 1.21 bits per heavy atom. The molecule has 1 aliphatic rings. The van der Waals surface area contributed by atoms with Crippen LogP contribution in [0.2, 0.25) is 0 Å². The first-order valence-electron chi connectivity index (χ1n) is 9.49. The molecule has 0 saturated heterocycles. The average molecular weight is 385 g/mol. The van der Waals surface area contributed by atoms with Crippen molar-refractivity contribution in [2.75, 3.05) is 20.8 Å². The van der Waals surface area contributed by atoms with Crippen LogP contribution in [-0.4, -0.2) is 37.6 Å². The number of aromatic nitrogens is 1. The van der Waals surface area contributed by atoms with Crippen molar-refractivity contribution in [3.05, 3.63) is 46.3 Å². The third-order valence-corrected chi connectivity index (χ3v) is 5.12. The summed E-state index contributed by atoms with van der Waals surface area (Å²) in [7, 11) is 3.22. The molecule has 0 saturated carbocycles. The van der Waals surface area contributed by atoms with Crippen LogP contribution < -0.4 is 9.47 Å². The van der Waals surface area contributed by atoms with Gasteiger partial charge >= 0.3 is 5.97 Å². The molecule has 0 amide bonds. The lowest BCUT2D eigenvalue weighted by molar-refractivity contribution is 0.0451. The van der Waals surface area contributed by atoms with Crippen LogP contribution in [0, 0.1) is 12.8 Å². The van der Waals surface area contributed by atoms with Gasteiger partial charge in [-0.25, -0.2) is 4.79 Å². The second-order valence-corrected chi connectivity index (χ2v) is 7.61. The molecule has 6 nitrogen and oxygen atoms in total. The predicted octanol–water partition coefficient (Wildman–Crippen LogP) is 4.07. The van der Waals surface area contributed by atoms with Gasteiger partial charge in [0.2, 0.25) is 0 Å². The minimum atomic E-state index is -0.413. The lowest BCUT2D eigenvalue weighted by atomic mass is 9.81. The highest BCUT2D eigenvalue weighted by Crippen LogP contribution is 2.40. The summed E-state index contributed by atoms with van der Waals surface area (Å²) in [4.78, 5) is 28.5. The van der Waals surface area contributed by atoms with Crippen LogP contribution in [-0.2, 0) is 11.2 Å². The van der Waals surface area contributed by atoms with Crippen LogP contribution >= 0.6 is 0 Å². The quantitative estimate of drug-likeness (QED) is 0.759. The van der Waals surface area contributed by atoms with Gasteiger partial charge < -0.3 is 19.2 Å². The number of nitrogens with one attached hydrogen (secondary N) is 1. The maximum absolute atomic E-state index is 12.9. The highest BCUT2D eigenvalue weighted by atomic mass is 16.5. The molecule has 0 unspecified atom stereocenters. The minimum absolute atomic E-state index is 0.0211. The molecule has 0 spiro atoms. The summed E-state index contributed by atoms with van der Waals surface area (Å²) in [6.45, 7) is 6.11. The number of ether oxygens (including phenoxy) is 3. The van der Waals surface area contributed by atoms with Gasteiger partial charge in [-0.2, -0.15) is 0 Å². The molecule has 0 bridgehead atoms. The third-order valence-electron chi connectivity index (χ3n) is 5.12. The Kier molecular flexibility index (Phi) is 5.77. The molecule has 6 heteroatoms. The second-order valence-electron chi connectivity index (χ2n) is 7.61. The van der Waals surface area contributed by atoms with Gasteiger partial charge in [0.05, 0.1) is 20.8 Å². The summed E-state index contributed by atoms with van der Waals surface area (Å²) in [5, 5.41) is 0. The molecule has 1 heterocycles. The number of aromatic amines is 1. The van der Waals surface area contributed by atoms with Gasteiger partial charge in [-0.15, -0.1) is 0 Å². The molecule has 1 atom stereocenters. The van der Waals surface area contributed by atoms with E-state index in [4.69, 9.17) is 14.2 Å². The van der Waals surface area contributed by atoms with Crippen LogP contribution in [0.1, 0.15) is 63.9 Å². The van der Waals surface area contributed by atoms with E-state index in [0.29, 0.717) is 36.3 Å². The van der Waals surface area contributed by atoms with E-state index < -0.39 is 5.97 Å². The monoisotopic (exact) mass is 385 g/mol. The fraction of sp³-hybridized carbons (Fsp3) is 0.455. The van der Waals surface area contributed by atoms with E-state index in [-0.39, 0.29) is 17.6 Å². The number of H-pyrrole nitrogens is 1. The molecule has 1 aromatic heterocycles. The van der Waals surface area contributed by atoms with Crippen molar-refractivity contribution in [1.82, 2.24) is 4.98 Å². The fourth-order valence-corrected chi connectivity index (χ4v) is 3.73. The smallest absolute Gasteiger partial charge is 0.355 e. The van der Waals surface area contributed by atoms with Gasteiger partial charge in [-0.1, -0.05) is 13.8 Å². The molecule has 2 aromatic rings. The van der Waals surface area contributed by atoms with Crippen LogP contribution in [0.25, 0.3) is 0 Å². The van der Waals surface area contributed by atoms with E-state index in [1.54, 1.807) is 21.1 Å². The largest absolute Gasteiger partial charge is 0.497 e. The summed E-state index contributed by atoms with van der Waals surface area (Å²) in [6.07, 6.45) is 0.971. The zero-order valence-electron chi connectivity index (χ0n) is 17.0. The Labute approximate surface area is 165 Å². The Hall–Kier alpha value is -2.76. The van der Waals surface area contributed by atoms with Gasteiger partial charge in [-0.05, 0) is 43.0 Å². The molecule has 0 fully saturated rings. The Bertz CT molecular complexity index is 897. The number of carbonyl (C=O) groups excluding carboxylic acids is 2. The zero-order valence-corrected chi connectivity index (χ0v) is 17.0. The SMILES string of the molecule is COc1ccc(OC)c([C@H]2CC(=O)c3c([nH]c(C(=O)OCC(C)C)c3C)C2)c1. The molecule has 0 aliphatic heterocycles. The molecular formula is C22H27NO5. The Balaban J connectivity index is 1.93. The number of Topliss-reactive ketones (excluding diaryl/α,β-unsaturated/α-hetero) is 1. The van der Waals surface area contributed by atoms with E-state index in [1.807, 2.05) is 32.0 Å². The molecule has 1 N–H and O–H groups in total. The molecule has 1 aromatic carbocycles. The number of fused-ring (bicyclic) bond motifs is 1. The molecule has 3 rings (SSSR count). The molecule has 28 heavy (non-hydrogen) atoms. The van der Waals surface area contributed by atoms with Crippen molar-refractivity contribution in [3.63, 3.8) is 0 Å². The number of hydrogen-bond acceptors (Lipinski definition) is 5.